The van der Waals surface area contributed by atoms with Crippen LogP contribution in [0.4, 0.5) is 0 Å². The first kappa shape index (κ1) is 21.0. The number of nitrogens with zero attached hydrogens (tertiary/aromatic N) is 1. The fourth-order valence-electron chi connectivity index (χ4n) is 3.79. The van der Waals surface area contributed by atoms with Gasteiger partial charge < -0.3 is 9.84 Å². The summed E-state index contributed by atoms with van der Waals surface area (Å²) in [6.07, 6.45) is 2.65. The molecule has 0 amide bonds. The zero-order chi connectivity index (χ0) is 21.5. The van der Waals surface area contributed by atoms with E-state index in [0.29, 0.717) is 23.4 Å². The predicted molar refractivity (Wildman–Crippen MR) is 123 cm³/mol. The molecule has 0 bridgehead atoms. The molecule has 1 heterocycles. The average Bonchev–Trinajstić information content (AvgIpc) is 2.84. The van der Waals surface area contributed by atoms with E-state index in [1.807, 2.05) is 36.4 Å². The van der Waals surface area contributed by atoms with Crippen molar-refractivity contribution in [1.29, 1.82) is 0 Å². The highest BCUT2D eigenvalue weighted by atomic mass is 16.5. The maximum absolute atomic E-state index is 12.5. The largest absolute Gasteiger partial charge is 0.491 e. The molecule has 1 aliphatic heterocycles. The molecule has 3 aromatic carbocycles. The van der Waals surface area contributed by atoms with Gasteiger partial charge in [0, 0.05) is 30.8 Å². The second kappa shape index (κ2) is 10.2. The predicted octanol–water partition coefficient (Wildman–Crippen LogP) is 4.45. The van der Waals surface area contributed by atoms with Crippen LogP contribution >= 0.6 is 0 Å². The summed E-state index contributed by atoms with van der Waals surface area (Å²) in [5.41, 5.74) is 3.93. The van der Waals surface area contributed by atoms with Crippen LogP contribution in [0.3, 0.4) is 0 Å². The summed E-state index contributed by atoms with van der Waals surface area (Å²) in [5.74, 6) is 0.633. The molecule has 1 atom stereocenters. The highest BCUT2D eigenvalue weighted by Crippen LogP contribution is 2.22. The van der Waals surface area contributed by atoms with Gasteiger partial charge in [0.15, 0.2) is 5.78 Å². The Bertz CT molecular complexity index is 1010. The highest BCUT2D eigenvalue weighted by Gasteiger charge is 2.17. The van der Waals surface area contributed by atoms with E-state index in [1.54, 1.807) is 24.3 Å². The Hall–Kier alpha value is -3.21. The van der Waals surface area contributed by atoms with Crippen molar-refractivity contribution in [3.8, 4) is 5.75 Å². The van der Waals surface area contributed by atoms with Gasteiger partial charge in [0.1, 0.15) is 18.5 Å². The SMILES string of the molecule is O=C(c1ccccc1)c1ccc(OCC(O)CN2CC=C(c3ccccc3)CC2)cc1. The van der Waals surface area contributed by atoms with E-state index in [0.717, 1.165) is 19.5 Å². The summed E-state index contributed by atoms with van der Waals surface area (Å²) in [6.45, 7) is 2.55. The minimum absolute atomic E-state index is 0.0137. The summed E-state index contributed by atoms with van der Waals surface area (Å²) in [6, 6.07) is 26.7. The quantitative estimate of drug-likeness (QED) is 0.555. The molecule has 4 nitrogen and oxygen atoms in total. The fraction of sp³-hybridized carbons (Fsp3) is 0.222. The number of carbonyl (C=O) groups is 1. The van der Waals surface area contributed by atoms with Crippen molar-refractivity contribution in [1.82, 2.24) is 4.90 Å². The minimum atomic E-state index is -0.572. The van der Waals surface area contributed by atoms with Gasteiger partial charge in [0.05, 0.1) is 0 Å². The summed E-state index contributed by atoms with van der Waals surface area (Å²) in [7, 11) is 0. The Morgan fingerprint density at radius 1 is 0.903 bits per heavy atom. The maximum Gasteiger partial charge on any atom is 0.193 e. The molecule has 1 N–H and O–H groups in total. The fourth-order valence-corrected chi connectivity index (χ4v) is 3.79. The number of β-amino-alcohol motifs (C(OH)–C–C–N with tert-alkyl or cyclic N) is 1. The molecule has 0 radical (unpaired) electrons. The van der Waals surface area contributed by atoms with Gasteiger partial charge in [0.2, 0.25) is 0 Å². The maximum atomic E-state index is 12.5. The van der Waals surface area contributed by atoms with Crippen LogP contribution in [0.2, 0.25) is 0 Å². The Morgan fingerprint density at radius 2 is 1.55 bits per heavy atom. The highest BCUT2D eigenvalue weighted by molar-refractivity contribution is 6.08. The van der Waals surface area contributed by atoms with E-state index in [4.69, 9.17) is 4.74 Å². The van der Waals surface area contributed by atoms with Gasteiger partial charge in [-0.25, -0.2) is 0 Å². The zero-order valence-corrected chi connectivity index (χ0v) is 17.5. The number of hydrogen-bond acceptors (Lipinski definition) is 4. The van der Waals surface area contributed by atoms with Crippen LogP contribution in [-0.2, 0) is 0 Å². The minimum Gasteiger partial charge on any atom is -0.491 e. The number of benzene rings is 3. The normalized spacial score (nSPS) is 15.2. The third kappa shape index (κ3) is 5.69. The van der Waals surface area contributed by atoms with Gasteiger partial charge in [-0.15, -0.1) is 0 Å². The van der Waals surface area contributed by atoms with Crippen LogP contribution in [0.25, 0.3) is 5.57 Å². The topological polar surface area (TPSA) is 49.8 Å². The third-order valence-corrected chi connectivity index (χ3v) is 5.50. The number of ketones is 1. The lowest BCUT2D eigenvalue weighted by Crippen LogP contribution is -2.38. The van der Waals surface area contributed by atoms with E-state index >= 15 is 0 Å². The van der Waals surface area contributed by atoms with Crippen LogP contribution in [0, 0.1) is 0 Å². The zero-order valence-electron chi connectivity index (χ0n) is 17.5. The van der Waals surface area contributed by atoms with Gasteiger partial charge >= 0.3 is 0 Å². The molecule has 31 heavy (non-hydrogen) atoms. The number of ether oxygens (including phenoxy) is 1. The molecule has 4 heteroatoms. The third-order valence-electron chi connectivity index (χ3n) is 5.50. The standard InChI is InChI=1S/C27H27NO3/c29-25(19-28-17-15-22(16-18-28)21-7-3-1-4-8-21)20-31-26-13-11-24(12-14-26)27(30)23-9-5-2-6-10-23/h1-15,25,29H,16-20H2. The Balaban J connectivity index is 1.24. The number of aliphatic hydroxyl groups excluding tert-OH is 1. The molecule has 0 saturated heterocycles. The van der Waals surface area contributed by atoms with Gasteiger partial charge in [-0.2, -0.15) is 0 Å². The van der Waals surface area contributed by atoms with Crippen molar-refractivity contribution in [2.45, 2.75) is 12.5 Å². The molecule has 158 valence electrons. The summed E-state index contributed by atoms with van der Waals surface area (Å²) in [5, 5.41) is 10.4. The molecule has 4 rings (SSSR count). The Morgan fingerprint density at radius 3 is 2.19 bits per heavy atom. The van der Waals surface area contributed by atoms with Gasteiger partial charge in [-0.3, -0.25) is 9.69 Å². The smallest absolute Gasteiger partial charge is 0.193 e. The lowest BCUT2D eigenvalue weighted by atomic mass is 9.99. The van der Waals surface area contributed by atoms with Crippen LogP contribution in [0.15, 0.2) is 91.0 Å². The molecule has 0 aliphatic carbocycles. The molecular weight excluding hydrogens is 386 g/mol. The summed E-state index contributed by atoms with van der Waals surface area (Å²) < 4.78 is 5.74. The number of rotatable bonds is 8. The molecule has 1 unspecified atom stereocenters. The first-order valence-electron chi connectivity index (χ1n) is 10.7. The van der Waals surface area contributed by atoms with E-state index in [1.165, 1.54) is 11.1 Å². The van der Waals surface area contributed by atoms with Gasteiger partial charge in [-0.1, -0.05) is 66.7 Å². The molecule has 0 spiro atoms. The Labute approximate surface area is 183 Å². The lowest BCUT2D eigenvalue weighted by molar-refractivity contribution is 0.0716. The Kier molecular flexibility index (Phi) is 6.92. The van der Waals surface area contributed by atoms with Crippen molar-refractivity contribution in [2.75, 3.05) is 26.2 Å². The molecular formula is C27H27NO3. The second-order valence-electron chi connectivity index (χ2n) is 7.79. The van der Waals surface area contributed by atoms with Gasteiger partial charge in [0.25, 0.3) is 0 Å². The van der Waals surface area contributed by atoms with Crippen LogP contribution in [0.1, 0.15) is 27.9 Å². The van der Waals surface area contributed by atoms with E-state index < -0.39 is 6.10 Å². The van der Waals surface area contributed by atoms with Crippen LogP contribution in [0.5, 0.6) is 5.75 Å². The molecule has 1 aliphatic rings. The number of aliphatic hydroxyl groups is 1. The van der Waals surface area contributed by atoms with Crippen molar-refractivity contribution >= 4 is 11.4 Å². The van der Waals surface area contributed by atoms with E-state index in [-0.39, 0.29) is 12.4 Å². The summed E-state index contributed by atoms with van der Waals surface area (Å²) >= 11 is 0. The average molecular weight is 414 g/mol. The molecule has 0 saturated carbocycles. The van der Waals surface area contributed by atoms with Crippen molar-refractivity contribution in [2.24, 2.45) is 0 Å². The lowest BCUT2D eigenvalue weighted by Gasteiger charge is -2.28. The molecule has 3 aromatic rings. The van der Waals surface area contributed by atoms with E-state index in [9.17, 15) is 9.90 Å². The first-order valence-corrected chi connectivity index (χ1v) is 10.7. The first-order chi connectivity index (χ1) is 15.2. The molecule has 0 fully saturated rings. The molecule has 0 aromatic heterocycles. The second-order valence-corrected chi connectivity index (χ2v) is 7.79. The van der Waals surface area contributed by atoms with Crippen molar-refractivity contribution in [3.63, 3.8) is 0 Å². The van der Waals surface area contributed by atoms with Crippen LogP contribution in [-0.4, -0.2) is 48.1 Å². The summed E-state index contributed by atoms with van der Waals surface area (Å²) in [4.78, 5) is 14.7. The number of hydrogen-bond donors (Lipinski definition) is 1. The van der Waals surface area contributed by atoms with E-state index in [2.05, 4.69) is 35.2 Å². The van der Waals surface area contributed by atoms with Crippen LogP contribution < -0.4 is 4.74 Å². The monoisotopic (exact) mass is 413 g/mol. The van der Waals surface area contributed by atoms with Gasteiger partial charge in [-0.05, 0) is 41.8 Å². The van der Waals surface area contributed by atoms with Crippen molar-refractivity contribution < 1.29 is 14.6 Å². The van der Waals surface area contributed by atoms with Crippen molar-refractivity contribution in [3.05, 3.63) is 108 Å². The number of carbonyl (C=O) groups excluding carboxylic acids is 1.